The number of amides is 1. The Kier molecular flexibility index (Phi) is 5.66. The lowest BCUT2D eigenvalue weighted by Gasteiger charge is -2.35. The van der Waals surface area contributed by atoms with Crippen LogP contribution in [-0.2, 0) is 4.79 Å². The number of nitrogens with zero attached hydrogens (tertiary/aromatic N) is 2. The van der Waals surface area contributed by atoms with Crippen LogP contribution in [0.2, 0.25) is 0 Å². The van der Waals surface area contributed by atoms with Gasteiger partial charge in [0.25, 0.3) is 0 Å². The molecule has 0 aliphatic carbocycles. The Morgan fingerprint density at radius 1 is 1.48 bits per heavy atom. The van der Waals surface area contributed by atoms with Crippen LogP contribution in [0, 0.1) is 0 Å². The van der Waals surface area contributed by atoms with Crippen molar-refractivity contribution in [3.05, 3.63) is 55.0 Å². The lowest BCUT2D eigenvalue weighted by molar-refractivity contribution is -0.126. The molecular formula is C20H26N4O. The quantitative estimate of drug-likeness (QED) is 0.796. The van der Waals surface area contributed by atoms with Gasteiger partial charge in [-0.3, -0.25) is 9.69 Å². The van der Waals surface area contributed by atoms with Gasteiger partial charge in [0.1, 0.15) is 5.82 Å². The van der Waals surface area contributed by atoms with Gasteiger partial charge in [-0.2, -0.15) is 0 Å². The molecule has 2 atom stereocenters. The highest BCUT2D eigenvalue weighted by atomic mass is 16.2. The average Bonchev–Trinajstić information content (AvgIpc) is 3.16. The summed E-state index contributed by atoms with van der Waals surface area (Å²) in [7, 11) is 0. The minimum absolute atomic E-state index is 0.0602. The lowest BCUT2D eigenvalue weighted by Crippen LogP contribution is -2.48. The van der Waals surface area contributed by atoms with Gasteiger partial charge in [-0.15, -0.1) is 6.58 Å². The molecule has 1 fully saturated rings. The van der Waals surface area contributed by atoms with E-state index in [4.69, 9.17) is 0 Å². The average molecular weight is 338 g/mol. The number of aromatic nitrogens is 2. The summed E-state index contributed by atoms with van der Waals surface area (Å²) in [5.74, 6) is 1.41. The number of H-pyrrole nitrogens is 1. The molecule has 5 heteroatoms. The molecular weight excluding hydrogens is 312 g/mol. The normalized spacial score (nSPS) is 19.3. The molecule has 25 heavy (non-hydrogen) atoms. The molecule has 0 saturated carbocycles. The predicted octanol–water partition coefficient (Wildman–Crippen LogP) is 2.95. The van der Waals surface area contributed by atoms with E-state index in [1.807, 2.05) is 31.3 Å². The Morgan fingerprint density at radius 3 is 3.04 bits per heavy atom. The Labute approximate surface area is 149 Å². The first-order chi connectivity index (χ1) is 12.2. The highest BCUT2D eigenvalue weighted by Crippen LogP contribution is 2.28. The summed E-state index contributed by atoms with van der Waals surface area (Å²) < 4.78 is 0. The van der Waals surface area contributed by atoms with Crippen molar-refractivity contribution in [3.8, 4) is 11.3 Å². The summed E-state index contributed by atoms with van der Waals surface area (Å²) >= 11 is 0. The number of benzene rings is 1. The Morgan fingerprint density at radius 2 is 2.28 bits per heavy atom. The van der Waals surface area contributed by atoms with E-state index >= 15 is 0 Å². The first-order valence-electron chi connectivity index (χ1n) is 8.92. The standard InChI is InChI=1S/C20H26N4O/c1-3-11-21-20(25)15(2)24-12-7-10-17(14-24)19-22-13-18(23-19)16-8-5-4-6-9-16/h3-6,8-9,13,15,17H,1,7,10-12,14H2,2H3,(H,21,25)(H,22,23)/t15-,17-/m0/s1. The van der Waals surface area contributed by atoms with Crippen molar-refractivity contribution in [2.75, 3.05) is 19.6 Å². The van der Waals surface area contributed by atoms with E-state index in [1.54, 1.807) is 6.08 Å². The maximum absolute atomic E-state index is 12.2. The Bertz CT molecular complexity index is 709. The highest BCUT2D eigenvalue weighted by molar-refractivity contribution is 5.81. The van der Waals surface area contributed by atoms with Gasteiger partial charge >= 0.3 is 0 Å². The summed E-state index contributed by atoms with van der Waals surface area (Å²) in [4.78, 5) is 22.5. The van der Waals surface area contributed by atoms with E-state index in [1.165, 1.54) is 0 Å². The first-order valence-corrected chi connectivity index (χ1v) is 8.92. The molecule has 2 N–H and O–H groups in total. The number of carbonyl (C=O) groups is 1. The largest absolute Gasteiger partial charge is 0.351 e. The number of imidazole rings is 1. The molecule has 0 radical (unpaired) electrons. The zero-order valence-electron chi connectivity index (χ0n) is 14.7. The summed E-state index contributed by atoms with van der Waals surface area (Å²) in [6, 6.07) is 10.1. The molecule has 5 nitrogen and oxygen atoms in total. The van der Waals surface area contributed by atoms with E-state index in [2.05, 4.69) is 38.9 Å². The second kappa shape index (κ2) is 8.12. The van der Waals surface area contributed by atoms with Crippen LogP contribution in [0.1, 0.15) is 31.5 Å². The van der Waals surface area contributed by atoms with Crippen LogP contribution < -0.4 is 5.32 Å². The molecule has 1 aliphatic rings. The van der Waals surface area contributed by atoms with E-state index in [9.17, 15) is 4.79 Å². The minimum atomic E-state index is -0.133. The monoisotopic (exact) mass is 338 g/mol. The smallest absolute Gasteiger partial charge is 0.237 e. The lowest BCUT2D eigenvalue weighted by atomic mass is 9.96. The third-order valence-electron chi connectivity index (χ3n) is 4.87. The molecule has 1 amide bonds. The van der Waals surface area contributed by atoms with Crippen molar-refractivity contribution in [2.45, 2.75) is 31.7 Å². The summed E-state index contributed by atoms with van der Waals surface area (Å²) in [5.41, 5.74) is 2.19. The summed E-state index contributed by atoms with van der Waals surface area (Å²) in [6.45, 7) is 7.93. The van der Waals surface area contributed by atoms with Gasteiger partial charge in [-0.25, -0.2) is 4.98 Å². The predicted molar refractivity (Wildman–Crippen MR) is 100 cm³/mol. The zero-order valence-corrected chi connectivity index (χ0v) is 14.7. The van der Waals surface area contributed by atoms with Crippen LogP contribution in [0.3, 0.4) is 0 Å². The number of piperidine rings is 1. The second-order valence-corrected chi connectivity index (χ2v) is 6.59. The first kappa shape index (κ1) is 17.4. The van der Waals surface area contributed by atoms with Gasteiger partial charge in [-0.1, -0.05) is 36.4 Å². The molecule has 1 saturated heterocycles. The SMILES string of the molecule is C=CCNC(=O)[C@H](C)N1CCC[C@H](c2ncc(-c3ccccc3)[nH]2)C1. The third kappa shape index (κ3) is 4.17. The number of likely N-dealkylation sites (tertiary alicyclic amines) is 1. The fraction of sp³-hybridized carbons (Fsp3) is 0.400. The molecule has 1 aromatic heterocycles. The number of hydrogen-bond acceptors (Lipinski definition) is 3. The van der Waals surface area contributed by atoms with Gasteiger partial charge in [0.05, 0.1) is 17.9 Å². The Hall–Kier alpha value is -2.40. The van der Waals surface area contributed by atoms with Crippen LogP contribution in [0.5, 0.6) is 0 Å². The van der Waals surface area contributed by atoms with Crippen molar-refractivity contribution in [3.63, 3.8) is 0 Å². The molecule has 2 heterocycles. The maximum Gasteiger partial charge on any atom is 0.237 e. The van der Waals surface area contributed by atoms with Crippen LogP contribution in [0.15, 0.2) is 49.2 Å². The molecule has 132 valence electrons. The van der Waals surface area contributed by atoms with Crippen molar-refractivity contribution in [1.29, 1.82) is 0 Å². The molecule has 0 unspecified atom stereocenters. The van der Waals surface area contributed by atoms with Crippen molar-refractivity contribution in [1.82, 2.24) is 20.2 Å². The highest BCUT2D eigenvalue weighted by Gasteiger charge is 2.29. The molecule has 0 spiro atoms. The number of carbonyl (C=O) groups excluding carboxylic acids is 1. The molecule has 0 bridgehead atoms. The van der Waals surface area contributed by atoms with Gasteiger partial charge in [0.15, 0.2) is 0 Å². The molecule has 1 aromatic carbocycles. The number of nitrogens with one attached hydrogen (secondary N) is 2. The topological polar surface area (TPSA) is 61.0 Å². The van der Waals surface area contributed by atoms with Crippen LogP contribution in [-0.4, -0.2) is 46.5 Å². The minimum Gasteiger partial charge on any atom is -0.351 e. The summed E-state index contributed by atoms with van der Waals surface area (Å²) in [5, 5.41) is 2.89. The fourth-order valence-corrected chi connectivity index (χ4v) is 3.38. The number of rotatable bonds is 6. The van der Waals surface area contributed by atoms with E-state index in [-0.39, 0.29) is 11.9 Å². The van der Waals surface area contributed by atoms with Crippen molar-refractivity contribution >= 4 is 5.91 Å². The molecule has 2 aromatic rings. The third-order valence-corrected chi connectivity index (χ3v) is 4.87. The van der Waals surface area contributed by atoms with E-state index in [0.29, 0.717) is 12.5 Å². The molecule has 3 rings (SSSR count). The van der Waals surface area contributed by atoms with Gasteiger partial charge in [0.2, 0.25) is 5.91 Å². The zero-order chi connectivity index (χ0) is 17.6. The second-order valence-electron chi connectivity index (χ2n) is 6.59. The van der Waals surface area contributed by atoms with Gasteiger partial charge in [-0.05, 0) is 31.9 Å². The van der Waals surface area contributed by atoms with Crippen LogP contribution >= 0.6 is 0 Å². The number of aromatic amines is 1. The Balaban J connectivity index is 1.66. The maximum atomic E-state index is 12.2. The van der Waals surface area contributed by atoms with Crippen molar-refractivity contribution < 1.29 is 4.79 Å². The molecule has 1 aliphatic heterocycles. The number of hydrogen-bond donors (Lipinski definition) is 2. The van der Waals surface area contributed by atoms with Gasteiger partial charge in [0, 0.05) is 19.0 Å². The summed E-state index contributed by atoms with van der Waals surface area (Å²) in [6.07, 6.45) is 5.78. The van der Waals surface area contributed by atoms with Crippen LogP contribution in [0.4, 0.5) is 0 Å². The van der Waals surface area contributed by atoms with E-state index < -0.39 is 0 Å². The van der Waals surface area contributed by atoms with Crippen LogP contribution in [0.25, 0.3) is 11.3 Å². The fourth-order valence-electron chi connectivity index (χ4n) is 3.38. The van der Waals surface area contributed by atoms with Gasteiger partial charge < -0.3 is 10.3 Å². The van der Waals surface area contributed by atoms with Crippen molar-refractivity contribution in [2.24, 2.45) is 0 Å². The van der Waals surface area contributed by atoms with E-state index in [0.717, 1.165) is 43.0 Å².